The number of hydrogen-bond acceptors (Lipinski definition) is 6. The molecule has 4 rings (SSSR count). The Morgan fingerprint density at radius 3 is 2.55 bits per heavy atom. The number of carbonyl (C=O) groups is 3. The van der Waals surface area contributed by atoms with Crippen molar-refractivity contribution in [2.45, 2.75) is 32.1 Å². The number of carbonyl (C=O) groups excluding carboxylic acids is 3. The second kappa shape index (κ2) is 9.47. The lowest BCUT2D eigenvalue weighted by molar-refractivity contribution is -0.134. The summed E-state index contributed by atoms with van der Waals surface area (Å²) < 4.78 is 5.05. The second-order valence-electron chi connectivity index (χ2n) is 7.60. The molecule has 9 heteroatoms. The molecule has 8 nitrogen and oxygen atoms in total. The topological polar surface area (TPSA) is 91.8 Å². The van der Waals surface area contributed by atoms with Crippen LogP contribution in [-0.2, 0) is 16.0 Å². The molecule has 1 aliphatic heterocycles. The van der Waals surface area contributed by atoms with Crippen LogP contribution in [0.5, 0.6) is 0 Å². The van der Waals surface area contributed by atoms with Crippen LogP contribution in [0.3, 0.4) is 0 Å². The molecule has 31 heavy (non-hydrogen) atoms. The van der Waals surface area contributed by atoms with Crippen molar-refractivity contribution in [2.24, 2.45) is 0 Å². The van der Waals surface area contributed by atoms with Crippen molar-refractivity contribution >= 4 is 34.4 Å². The van der Waals surface area contributed by atoms with Gasteiger partial charge in [0.15, 0.2) is 5.13 Å². The number of aryl methyl sites for hydroxylation is 1. The second-order valence-corrected chi connectivity index (χ2v) is 8.69. The third-order valence-electron chi connectivity index (χ3n) is 5.63. The molecule has 1 aromatic carbocycles. The zero-order valence-corrected chi connectivity index (χ0v) is 18.3. The average molecular weight is 443 g/mol. The Hall–Kier alpha value is -2.94. The number of fused-ring (bicyclic) bond motifs is 1. The van der Waals surface area contributed by atoms with Crippen molar-refractivity contribution in [3.8, 4) is 0 Å². The zero-order valence-electron chi connectivity index (χ0n) is 17.5. The van der Waals surface area contributed by atoms with Crippen LogP contribution in [0, 0.1) is 0 Å². The summed E-state index contributed by atoms with van der Waals surface area (Å²) in [5, 5.41) is 3.40. The van der Waals surface area contributed by atoms with E-state index < -0.39 is 0 Å². The highest BCUT2D eigenvalue weighted by molar-refractivity contribution is 7.16. The molecule has 1 aliphatic carbocycles. The molecule has 1 N–H and O–H groups in total. The monoisotopic (exact) mass is 442 g/mol. The molecule has 1 saturated heterocycles. The minimum atomic E-state index is -0.326. The summed E-state index contributed by atoms with van der Waals surface area (Å²) in [6.45, 7) is 4.05. The number of piperazine rings is 1. The Balaban J connectivity index is 1.42. The van der Waals surface area contributed by atoms with Crippen molar-refractivity contribution in [2.75, 3.05) is 38.1 Å². The van der Waals surface area contributed by atoms with Gasteiger partial charge in [0, 0.05) is 36.6 Å². The Morgan fingerprint density at radius 1 is 1.13 bits per heavy atom. The summed E-state index contributed by atoms with van der Waals surface area (Å²) in [4.78, 5) is 46.7. The number of anilines is 1. The van der Waals surface area contributed by atoms with Gasteiger partial charge in [0.2, 0.25) is 5.91 Å². The lowest BCUT2D eigenvalue weighted by Gasteiger charge is -2.36. The van der Waals surface area contributed by atoms with Gasteiger partial charge in [-0.2, -0.15) is 0 Å². The van der Waals surface area contributed by atoms with Gasteiger partial charge in [0.1, 0.15) is 0 Å². The van der Waals surface area contributed by atoms with Crippen LogP contribution in [0.4, 0.5) is 9.93 Å². The van der Waals surface area contributed by atoms with E-state index in [-0.39, 0.29) is 23.8 Å². The zero-order chi connectivity index (χ0) is 21.8. The fourth-order valence-electron chi connectivity index (χ4n) is 4.02. The quantitative estimate of drug-likeness (QED) is 0.786. The largest absolute Gasteiger partial charge is 0.450 e. The van der Waals surface area contributed by atoms with Crippen molar-refractivity contribution in [1.29, 1.82) is 0 Å². The third-order valence-corrected chi connectivity index (χ3v) is 6.67. The number of ether oxygens (including phenoxy) is 1. The summed E-state index contributed by atoms with van der Waals surface area (Å²) in [5.74, 6) is -0.447. The number of nitrogens with zero attached hydrogens (tertiary/aromatic N) is 3. The highest BCUT2D eigenvalue weighted by atomic mass is 32.1. The minimum Gasteiger partial charge on any atom is -0.450 e. The first-order valence-corrected chi connectivity index (χ1v) is 11.4. The Bertz CT molecular complexity index is 954. The van der Waals surface area contributed by atoms with Crippen LogP contribution in [0.1, 0.15) is 46.6 Å². The summed E-state index contributed by atoms with van der Waals surface area (Å²) in [5.41, 5.74) is 1.36. The maximum atomic E-state index is 13.2. The van der Waals surface area contributed by atoms with Gasteiger partial charge in [0.05, 0.1) is 18.2 Å². The Kier molecular flexibility index (Phi) is 6.50. The number of benzene rings is 1. The van der Waals surface area contributed by atoms with Crippen molar-refractivity contribution in [1.82, 2.24) is 14.8 Å². The van der Waals surface area contributed by atoms with Crippen LogP contribution in [-0.4, -0.2) is 65.5 Å². The van der Waals surface area contributed by atoms with E-state index in [0.717, 1.165) is 29.8 Å². The van der Waals surface area contributed by atoms with E-state index in [1.54, 1.807) is 24.0 Å². The van der Waals surface area contributed by atoms with E-state index in [4.69, 9.17) is 4.74 Å². The van der Waals surface area contributed by atoms with E-state index in [2.05, 4.69) is 10.3 Å². The molecule has 1 atom stereocenters. The van der Waals surface area contributed by atoms with Gasteiger partial charge in [-0.15, -0.1) is 11.3 Å². The smallest absolute Gasteiger partial charge is 0.409 e. The number of rotatable bonds is 4. The lowest BCUT2D eigenvalue weighted by atomic mass is 9.89. The van der Waals surface area contributed by atoms with Gasteiger partial charge in [-0.05, 0) is 38.3 Å². The molecule has 2 aromatic rings. The van der Waals surface area contributed by atoms with E-state index in [1.165, 1.54) is 11.3 Å². The average Bonchev–Trinajstić information content (AvgIpc) is 3.22. The molecule has 0 saturated carbocycles. The van der Waals surface area contributed by atoms with Crippen molar-refractivity contribution in [3.05, 3.63) is 46.5 Å². The third kappa shape index (κ3) is 4.71. The Morgan fingerprint density at radius 2 is 1.84 bits per heavy atom. The maximum absolute atomic E-state index is 13.2. The minimum absolute atomic E-state index is 0.0516. The molecule has 0 radical (unpaired) electrons. The number of aromatic nitrogens is 1. The van der Waals surface area contributed by atoms with Crippen molar-refractivity contribution < 1.29 is 19.1 Å². The highest BCUT2D eigenvalue weighted by Crippen LogP contribution is 2.38. The van der Waals surface area contributed by atoms with Crippen LogP contribution in [0.15, 0.2) is 30.3 Å². The van der Waals surface area contributed by atoms with Gasteiger partial charge in [-0.1, -0.05) is 18.2 Å². The summed E-state index contributed by atoms with van der Waals surface area (Å²) >= 11 is 1.45. The lowest BCUT2D eigenvalue weighted by Crippen LogP contribution is -2.52. The first kappa shape index (κ1) is 21.3. The van der Waals surface area contributed by atoms with E-state index in [1.807, 2.05) is 23.1 Å². The highest BCUT2D eigenvalue weighted by Gasteiger charge is 2.35. The molecule has 0 bridgehead atoms. The molecule has 3 amide bonds. The Labute approximate surface area is 185 Å². The molecule has 2 aliphatic rings. The fraction of sp³-hybridized carbons (Fsp3) is 0.455. The molecule has 2 heterocycles. The first-order chi connectivity index (χ1) is 15.1. The van der Waals surface area contributed by atoms with Gasteiger partial charge in [-0.3, -0.25) is 14.9 Å². The predicted molar refractivity (Wildman–Crippen MR) is 117 cm³/mol. The molecular formula is C22H26N4O4S. The van der Waals surface area contributed by atoms with E-state index >= 15 is 0 Å². The van der Waals surface area contributed by atoms with Crippen LogP contribution in [0.25, 0.3) is 0 Å². The van der Waals surface area contributed by atoms with E-state index in [9.17, 15) is 14.4 Å². The maximum Gasteiger partial charge on any atom is 0.409 e. The summed E-state index contributed by atoms with van der Waals surface area (Å²) in [6.07, 6.45) is 2.21. The standard InChI is InChI=1S/C22H26N4O4S/c1-2-30-22(29)26-13-11-25(12-14-26)20(28)16-9-6-10-17-18(16)23-21(31-17)24-19(27)15-7-4-3-5-8-15/h3-5,7-8,16H,2,6,9-14H2,1H3,(H,23,24,27). The molecule has 1 fully saturated rings. The van der Waals surface area contributed by atoms with Gasteiger partial charge in [-0.25, -0.2) is 9.78 Å². The van der Waals surface area contributed by atoms with Gasteiger partial charge in [0.25, 0.3) is 5.91 Å². The normalized spacial score (nSPS) is 18.3. The predicted octanol–water partition coefficient (Wildman–Crippen LogP) is 3.12. The molecule has 164 valence electrons. The van der Waals surface area contributed by atoms with E-state index in [0.29, 0.717) is 43.5 Å². The number of thiazole rings is 1. The number of nitrogens with one attached hydrogen (secondary N) is 1. The SMILES string of the molecule is CCOC(=O)N1CCN(C(=O)C2CCCc3sc(NC(=O)c4ccccc4)nc32)CC1. The van der Waals surface area contributed by atoms with Crippen LogP contribution < -0.4 is 5.32 Å². The van der Waals surface area contributed by atoms with Crippen LogP contribution >= 0.6 is 11.3 Å². The number of amides is 3. The van der Waals surface area contributed by atoms with Gasteiger partial charge < -0.3 is 14.5 Å². The first-order valence-electron chi connectivity index (χ1n) is 10.6. The molecule has 0 spiro atoms. The summed E-state index contributed by atoms with van der Waals surface area (Å²) in [6, 6.07) is 9.01. The van der Waals surface area contributed by atoms with Crippen LogP contribution in [0.2, 0.25) is 0 Å². The van der Waals surface area contributed by atoms with Gasteiger partial charge >= 0.3 is 6.09 Å². The fourth-order valence-corrected chi connectivity index (χ4v) is 5.08. The number of hydrogen-bond donors (Lipinski definition) is 1. The van der Waals surface area contributed by atoms with Crippen molar-refractivity contribution in [3.63, 3.8) is 0 Å². The summed E-state index contributed by atoms with van der Waals surface area (Å²) in [7, 11) is 0. The molecule has 1 aromatic heterocycles. The molecular weight excluding hydrogens is 416 g/mol. The molecule has 1 unspecified atom stereocenters.